The summed E-state index contributed by atoms with van der Waals surface area (Å²) in [5, 5.41) is 18.5. The van der Waals surface area contributed by atoms with Crippen molar-refractivity contribution in [3.63, 3.8) is 0 Å². The average Bonchev–Trinajstić information content (AvgIpc) is 3.15. The van der Waals surface area contributed by atoms with Crippen molar-refractivity contribution in [1.82, 2.24) is 20.4 Å². The van der Waals surface area contributed by atoms with E-state index >= 15 is 0 Å². The summed E-state index contributed by atoms with van der Waals surface area (Å²) in [7, 11) is 0. The van der Waals surface area contributed by atoms with Crippen LogP contribution in [-0.2, 0) is 0 Å². The van der Waals surface area contributed by atoms with E-state index in [-0.39, 0.29) is 32.0 Å². The minimum Gasteiger partial charge on any atom is -0.234 e. The third kappa shape index (κ3) is 2.78. The number of rotatable bonds is 3. The Morgan fingerprint density at radius 2 is 2.04 bits per heavy atom. The molecule has 0 radical (unpaired) electrons. The van der Waals surface area contributed by atoms with Crippen LogP contribution < -0.4 is 0 Å². The Morgan fingerprint density at radius 3 is 2.70 bits per heavy atom. The molecule has 2 aromatic heterocycles. The first-order chi connectivity index (χ1) is 11.0. The van der Waals surface area contributed by atoms with Gasteiger partial charge < -0.3 is 0 Å². The molecule has 0 aliphatic heterocycles. The third-order valence-corrected chi connectivity index (χ3v) is 4.30. The maximum Gasteiger partial charge on any atom is 0.275 e. The van der Waals surface area contributed by atoms with Gasteiger partial charge in [-0.3, -0.25) is 0 Å². The molecule has 3 aromatic rings. The molecule has 0 aliphatic rings. The van der Waals surface area contributed by atoms with Crippen molar-refractivity contribution in [2.45, 2.75) is 6.43 Å². The Balaban J connectivity index is 2.16. The van der Waals surface area contributed by atoms with Gasteiger partial charge in [-0.15, -0.1) is 16.4 Å². The molecule has 1 aromatic carbocycles. The molecular weight excluding hydrogens is 351 g/mol. The first-order valence-electron chi connectivity index (χ1n) is 6.06. The lowest BCUT2D eigenvalue weighted by atomic mass is 10.2. The Morgan fingerprint density at radius 1 is 1.26 bits per heavy atom. The van der Waals surface area contributed by atoms with Crippen LogP contribution in [0.1, 0.15) is 17.0 Å². The fraction of sp³-hybridized carbons (Fsp3) is 0.0769. The minimum absolute atomic E-state index is 0.0569. The zero-order valence-corrected chi connectivity index (χ0v) is 12.6. The number of benzene rings is 1. The molecule has 1 N–H and O–H groups in total. The fourth-order valence-electron chi connectivity index (χ4n) is 1.88. The average molecular weight is 356 g/mol. The number of nitrogens with one attached hydrogen (secondary N) is 1. The Bertz CT molecular complexity index is 915. The van der Waals surface area contributed by atoms with E-state index < -0.39 is 12.2 Å². The molecule has 0 saturated carbocycles. The highest BCUT2D eigenvalue weighted by atomic mass is 35.5. The molecule has 116 valence electrons. The molecule has 0 bridgehead atoms. The van der Waals surface area contributed by atoms with Crippen LogP contribution in [0.4, 0.5) is 13.2 Å². The summed E-state index contributed by atoms with van der Waals surface area (Å²) in [6.07, 6.45) is -2.81. The van der Waals surface area contributed by atoms with Crippen LogP contribution >= 0.6 is 22.9 Å². The van der Waals surface area contributed by atoms with Crippen molar-refractivity contribution in [3.8, 4) is 28.0 Å². The van der Waals surface area contributed by atoms with Gasteiger partial charge in [-0.05, 0) is 18.2 Å². The molecule has 0 aliphatic carbocycles. The lowest BCUT2D eigenvalue weighted by molar-refractivity contribution is 0.156. The van der Waals surface area contributed by atoms with E-state index in [0.29, 0.717) is 5.56 Å². The second-order valence-electron chi connectivity index (χ2n) is 4.29. The van der Waals surface area contributed by atoms with Crippen molar-refractivity contribution < 1.29 is 13.2 Å². The lowest BCUT2D eigenvalue weighted by Gasteiger charge is -1.98. The number of alkyl halides is 2. The zero-order valence-electron chi connectivity index (χ0n) is 11.0. The number of hydrogen-bond donors (Lipinski definition) is 1. The monoisotopic (exact) mass is 355 g/mol. The van der Waals surface area contributed by atoms with E-state index in [1.54, 1.807) is 6.07 Å². The van der Waals surface area contributed by atoms with Gasteiger partial charge in [-0.1, -0.05) is 11.6 Å². The van der Waals surface area contributed by atoms with Gasteiger partial charge in [0.25, 0.3) is 6.43 Å². The number of H-pyrrole nitrogens is 1. The van der Waals surface area contributed by atoms with E-state index in [9.17, 15) is 13.2 Å². The second kappa shape index (κ2) is 5.98. The van der Waals surface area contributed by atoms with Gasteiger partial charge in [0.15, 0.2) is 11.4 Å². The molecule has 0 saturated heterocycles. The predicted molar refractivity (Wildman–Crippen MR) is 77.6 cm³/mol. The molecule has 10 heteroatoms. The maximum absolute atomic E-state index is 13.3. The second-order valence-corrected chi connectivity index (χ2v) is 5.73. The fourth-order valence-corrected chi connectivity index (χ4v) is 2.97. The van der Waals surface area contributed by atoms with E-state index in [2.05, 4.69) is 20.4 Å². The van der Waals surface area contributed by atoms with E-state index in [0.717, 1.165) is 17.4 Å². The summed E-state index contributed by atoms with van der Waals surface area (Å²) < 4.78 is 39.8. The van der Waals surface area contributed by atoms with Crippen molar-refractivity contribution in [2.75, 3.05) is 0 Å². The molecule has 0 unspecified atom stereocenters. The van der Waals surface area contributed by atoms with Crippen molar-refractivity contribution in [3.05, 3.63) is 39.6 Å². The highest BCUT2D eigenvalue weighted by Crippen LogP contribution is 2.39. The number of aromatic nitrogens is 4. The number of nitrogens with zero attached hydrogens (tertiary/aromatic N) is 4. The quantitative estimate of drug-likeness (QED) is 0.763. The largest absolute Gasteiger partial charge is 0.275 e. The van der Waals surface area contributed by atoms with Gasteiger partial charge >= 0.3 is 0 Å². The van der Waals surface area contributed by atoms with Crippen LogP contribution in [0.3, 0.4) is 0 Å². The highest BCUT2D eigenvalue weighted by Gasteiger charge is 2.25. The third-order valence-electron chi connectivity index (χ3n) is 2.90. The molecule has 0 amide bonds. The van der Waals surface area contributed by atoms with Gasteiger partial charge in [0.2, 0.25) is 0 Å². The van der Waals surface area contributed by atoms with Gasteiger partial charge in [0, 0.05) is 5.56 Å². The van der Waals surface area contributed by atoms with Crippen LogP contribution in [0, 0.1) is 17.1 Å². The molecule has 0 fully saturated rings. The summed E-state index contributed by atoms with van der Waals surface area (Å²) in [4.78, 5) is 3.75. The Labute approximate surface area is 136 Å². The van der Waals surface area contributed by atoms with Crippen molar-refractivity contribution in [1.29, 1.82) is 5.26 Å². The maximum atomic E-state index is 13.3. The molecule has 0 spiro atoms. The van der Waals surface area contributed by atoms with Crippen LogP contribution in [0.25, 0.3) is 22.0 Å². The normalized spacial score (nSPS) is 11.0. The number of halogens is 4. The standard InChI is InChI=1S/C13H5ClF3N5S/c14-6-3-5(1-2-7(6)15)13-19-10(11(23-13)12(16)17)9-8(4-18)20-22-21-9/h1-3,12H,(H,20,21,22). The first kappa shape index (κ1) is 15.5. The summed E-state index contributed by atoms with van der Waals surface area (Å²) in [6, 6.07) is 5.55. The minimum atomic E-state index is -2.81. The number of aromatic amines is 1. The zero-order chi connectivity index (χ0) is 16.6. The smallest absolute Gasteiger partial charge is 0.234 e. The summed E-state index contributed by atoms with van der Waals surface area (Å²) in [5.74, 6) is -0.621. The van der Waals surface area contributed by atoms with Gasteiger partial charge in [-0.2, -0.15) is 15.6 Å². The van der Waals surface area contributed by atoms with Crippen molar-refractivity contribution >= 4 is 22.9 Å². The summed E-state index contributed by atoms with van der Waals surface area (Å²) in [6.45, 7) is 0. The summed E-state index contributed by atoms with van der Waals surface area (Å²) >= 11 is 6.42. The van der Waals surface area contributed by atoms with Crippen molar-refractivity contribution in [2.24, 2.45) is 0 Å². The van der Waals surface area contributed by atoms with Crippen LogP contribution in [0.15, 0.2) is 18.2 Å². The van der Waals surface area contributed by atoms with E-state index in [4.69, 9.17) is 16.9 Å². The molecule has 3 rings (SSSR count). The molecule has 2 heterocycles. The molecule has 23 heavy (non-hydrogen) atoms. The number of thiazole rings is 1. The number of hydrogen-bond acceptors (Lipinski definition) is 5. The summed E-state index contributed by atoms with van der Waals surface area (Å²) in [5.41, 5.74) is 0.0571. The van der Waals surface area contributed by atoms with Crippen LogP contribution in [0.5, 0.6) is 0 Å². The number of nitriles is 1. The molecule has 0 atom stereocenters. The lowest BCUT2D eigenvalue weighted by Crippen LogP contribution is -1.89. The van der Waals surface area contributed by atoms with E-state index in [1.165, 1.54) is 12.1 Å². The predicted octanol–water partition coefficient (Wildman–Crippen LogP) is 4.20. The topological polar surface area (TPSA) is 78.2 Å². The SMILES string of the molecule is N#Cc1n[nH]nc1-c1nc(-c2ccc(F)c(Cl)c2)sc1C(F)F. The molecule has 5 nitrogen and oxygen atoms in total. The van der Waals surface area contributed by atoms with Gasteiger partial charge in [0.05, 0.1) is 5.02 Å². The Kier molecular flexibility index (Phi) is 4.02. The highest BCUT2D eigenvalue weighted by molar-refractivity contribution is 7.15. The van der Waals surface area contributed by atoms with Crippen LogP contribution in [0.2, 0.25) is 5.02 Å². The Hall–Kier alpha value is -2.44. The van der Waals surface area contributed by atoms with E-state index in [1.807, 2.05) is 0 Å². The van der Waals surface area contributed by atoms with Crippen LogP contribution in [-0.4, -0.2) is 20.4 Å². The van der Waals surface area contributed by atoms with Gasteiger partial charge in [0.1, 0.15) is 27.5 Å². The van der Waals surface area contributed by atoms with Gasteiger partial charge in [-0.25, -0.2) is 18.2 Å². The molecular formula is C13H5ClF3N5S. The first-order valence-corrected chi connectivity index (χ1v) is 7.26.